The third kappa shape index (κ3) is 4.56. The molecular formula is C15H23NO3. The second-order valence-electron chi connectivity index (χ2n) is 4.79. The van der Waals surface area contributed by atoms with Gasteiger partial charge in [0.05, 0.1) is 6.61 Å². The maximum absolute atomic E-state index is 12.1. The van der Waals surface area contributed by atoms with Crippen molar-refractivity contribution in [2.75, 3.05) is 25.6 Å². The SMILES string of the molecule is CCOC(=O)C(C)(CCOC)Nc1cccc(C)c1. The number of carbonyl (C=O) groups excluding carboxylic acids is 1. The monoisotopic (exact) mass is 265 g/mol. The van der Waals surface area contributed by atoms with Crippen LogP contribution in [0, 0.1) is 6.92 Å². The van der Waals surface area contributed by atoms with Crippen molar-refractivity contribution >= 4 is 11.7 Å². The van der Waals surface area contributed by atoms with E-state index in [0.29, 0.717) is 19.6 Å². The number of hydrogen-bond acceptors (Lipinski definition) is 4. The van der Waals surface area contributed by atoms with Crippen molar-refractivity contribution in [2.24, 2.45) is 0 Å². The predicted molar refractivity (Wildman–Crippen MR) is 76.3 cm³/mol. The second kappa shape index (κ2) is 7.14. The Kier molecular flexibility index (Phi) is 5.83. The van der Waals surface area contributed by atoms with Crippen LogP contribution in [0.5, 0.6) is 0 Å². The Balaban J connectivity index is 2.87. The number of methoxy groups -OCH3 is 1. The van der Waals surface area contributed by atoms with E-state index in [-0.39, 0.29) is 5.97 Å². The van der Waals surface area contributed by atoms with Crippen LogP contribution in [0.25, 0.3) is 0 Å². The van der Waals surface area contributed by atoms with Gasteiger partial charge in [-0.05, 0) is 38.5 Å². The molecule has 0 bridgehead atoms. The van der Waals surface area contributed by atoms with Gasteiger partial charge in [0.15, 0.2) is 0 Å². The standard InChI is InChI=1S/C15H23NO3/c1-5-19-14(17)15(3,9-10-18-4)16-13-8-6-7-12(2)11-13/h6-8,11,16H,5,9-10H2,1-4H3. The fraction of sp³-hybridized carbons (Fsp3) is 0.533. The van der Waals surface area contributed by atoms with Gasteiger partial charge in [-0.15, -0.1) is 0 Å². The lowest BCUT2D eigenvalue weighted by atomic mass is 9.97. The maximum Gasteiger partial charge on any atom is 0.331 e. The van der Waals surface area contributed by atoms with E-state index in [2.05, 4.69) is 5.32 Å². The van der Waals surface area contributed by atoms with Crippen molar-refractivity contribution in [2.45, 2.75) is 32.7 Å². The summed E-state index contributed by atoms with van der Waals surface area (Å²) >= 11 is 0. The summed E-state index contributed by atoms with van der Waals surface area (Å²) in [6, 6.07) is 7.92. The highest BCUT2D eigenvalue weighted by Gasteiger charge is 2.34. The first-order valence-electron chi connectivity index (χ1n) is 6.53. The lowest BCUT2D eigenvalue weighted by molar-refractivity contribution is -0.148. The number of aryl methyl sites for hydroxylation is 1. The van der Waals surface area contributed by atoms with Gasteiger partial charge in [0.2, 0.25) is 0 Å². The molecule has 0 aliphatic carbocycles. The number of ether oxygens (including phenoxy) is 2. The Morgan fingerprint density at radius 1 is 1.42 bits per heavy atom. The molecule has 0 radical (unpaired) electrons. The number of benzene rings is 1. The summed E-state index contributed by atoms with van der Waals surface area (Å²) < 4.78 is 10.2. The molecule has 0 amide bonds. The van der Waals surface area contributed by atoms with E-state index in [4.69, 9.17) is 9.47 Å². The molecule has 1 N–H and O–H groups in total. The van der Waals surface area contributed by atoms with Gasteiger partial charge in [-0.25, -0.2) is 4.79 Å². The van der Waals surface area contributed by atoms with Crippen molar-refractivity contribution in [3.63, 3.8) is 0 Å². The zero-order valence-electron chi connectivity index (χ0n) is 12.2. The Hall–Kier alpha value is -1.55. The summed E-state index contributed by atoms with van der Waals surface area (Å²) in [7, 11) is 1.62. The largest absolute Gasteiger partial charge is 0.464 e. The summed E-state index contributed by atoms with van der Waals surface area (Å²) in [5, 5.41) is 3.26. The quantitative estimate of drug-likeness (QED) is 0.770. The Bertz CT molecular complexity index is 420. The van der Waals surface area contributed by atoms with E-state index in [1.807, 2.05) is 38.1 Å². The summed E-state index contributed by atoms with van der Waals surface area (Å²) in [5.41, 5.74) is 1.27. The number of anilines is 1. The topological polar surface area (TPSA) is 47.6 Å². The molecule has 106 valence electrons. The number of rotatable bonds is 7. The summed E-state index contributed by atoms with van der Waals surface area (Å²) in [5.74, 6) is -0.256. The first kappa shape index (κ1) is 15.5. The normalized spacial score (nSPS) is 13.7. The molecule has 0 saturated heterocycles. The lowest BCUT2D eigenvalue weighted by Gasteiger charge is -2.29. The van der Waals surface area contributed by atoms with Gasteiger partial charge in [0, 0.05) is 25.8 Å². The van der Waals surface area contributed by atoms with Crippen LogP contribution in [0.1, 0.15) is 25.8 Å². The number of hydrogen-bond donors (Lipinski definition) is 1. The summed E-state index contributed by atoms with van der Waals surface area (Å²) in [6.45, 7) is 6.53. The van der Waals surface area contributed by atoms with Crippen molar-refractivity contribution in [1.29, 1.82) is 0 Å². The molecule has 1 unspecified atom stereocenters. The zero-order valence-corrected chi connectivity index (χ0v) is 12.2. The van der Waals surface area contributed by atoms with E-state index in [9.17, 15) is 4.79 Å². The molecule has 0 spiro atoms. The third-order valence-corrected chi connectivity index (χ3v) is 2.97. The summed E-state index contributed by atoms with van der Waals surface area (Å²) in [6.07, 6.45) is 0.552. The van der Waals surface area contributed by atoms with Crippen molar-refractivity contribution in [1.82, 2.24) is 0 Å². The molecule has 0 heterocycles. The van der Waals surface area contributed by atoms with Crippen LogP contribution in [0.3, 0.4) is 0 Å². The Morgan fingerprint density at radius 2 is 2.16 bits per heavy atom. The van der Waals surface area contributed by atoms with E-state index in [1.54, 1.807) is 14.0 Å². The molecule has 19 heavy (non-hydrogen) atoms. The van der Waals surface area contributed by atoms with E-state index < -0.39 is 5.54 Å². The van der Waals surface area contributed by atoms with Gasteiger partial charge in [-0.2, -0.15) is 0 Å². The molecule has 0 saturated carbocycles. The molecule has 1 aromatic rings. The number of nitrogens with one attached hydrogen (secondary N) is 1. The van der Waals surface area contributed by atoms with Crippen molar-refractivity contribution in [3.05, 3.63) is 29.8 Å². The first-order chi connectivity index (χ1) is 9.01. The smallest absolute Gasteiger partial charge is 0.331 e. The third-order valence-electron chi connectivity index (χ3n) is 2.97. The molecule has 1 rings (SSSR count). The fourth-order valence-corrected chi connectivity index (χ4v) is 1.85. The van der Waals surface area contributed by atoms with E-state index in [0.717, 1.165) is 11.3 Å². The van der Waals surface area contributed by atoms with Crippen LogP contribution >= 0.6 is 0 Å². The van der Waals surface area contributed by atoms with E-state index >= 15 is 0 Å². The number of carbonyl (C=O) groups is 1. The highest BCUT2D eigenvalue weighted by atomic mass is 16.5. The zero-order chi connectivity index (χ0) is 14.3. The lowest BCUT2D eigenvalue weighted by Crippen LogP contribution is -2.45. The average molecular weight is 265 g/mol. The molecule has 0 fully saturated rings. The Morgan fingerprint density at radius 3 is 2.74 bits per heavy atom. The van der Waals surface area contributed by atoms with Crippen LogP contribution in [-0.2, 0) is 14.3 Å². The second-order valence-corrected chi connectivity index (χ2v) is 4.79. The molecule has 0 aliphatic rings. The van der Waals surface area contributed by atoms with Gasteiger partial charge < -0.3 is 14.8 Å². The van der Waals surface area contributed by atoms with Crippen molar-refractivity contribution in [3.8, 4) is 0 Å². The van der Waals surface area contributed by atoms with Gasteiger partial charge in [-0.1, -0.05) is 12.1 Å². The van der Waals surface area contributed by atoms with Crippen molar-refractivity contribution < 1.29 is 14.3 Å². The van der Waals surface area contributed by atoms with E-state index in [1.165, 1.54) is 0 Å². The molecule has 1 atom stereocenters. The van der Waals surface area contributed by atoms with Crippen LogP contribution in [0.15, 0.2) is 24.3 Å². The molecule has 4 nitrogen and oxygen atoms in total. The van der Waals surface area contributed by atoms with Gasteiger partial charge in [-0.3, -0.25) is 0 Å². The molecule has 4 heteroatoms. The predicted octanol–water partition coefficient (Wildman–Crippen LogP) is 2.77. The Labute approximate surface area is 115 Å². The van der Waals surface area contributed by atoms with Crippen LogP contribution < -0.4 is 5.32 Å². The average Bonchev–Trinajstić information content (AvgIpc) is 2.36. The van der Waals surface area contributed by atoms with Gasteiger partial charge >= 0.3 is 5.97 Å². The highest BCUT2D eigenvalue weighted by Crippen LogP contribution is 2.21. The minimum Gasteiger partial charge on any atom is -0.464 e. The minimum absolute atomic E-state index is 0.256. The van der Waals surface area contributed by atoms with Crippen LogP contribution in [-0.4, -0.2) is 31.8 Å². The molecule has 0 aromatic heterocycles. The first-order valence-corrected chi connectivity index (χ1v) is 6.53. The summed E-state index contributed by atoms with van der Waals surface area (Å²) in [4.78, 5) is 12.1. The highest BCUT2D eigenvalue weighted by molar-refractivity contribution is 5.84. The number of esters is 1. The van der Waals surface area contributed by atoms with Gasteiger partial charge in [0.1, 0.15) is 5.54 Å². The molecular weight excluding hydrogens is 242 g/mol. The molecule has 1 aromatic carbocycles. The minimum atomic E-state index is -0.778. The molecule has 0 aliphatic heterocycles. The van der Waals surface area contributed by atoms with Gasteiger partial charge in [0.25, 0.3) is 0 Å². The van der Waals surface area contributed by atoms with Crippen LogP contribution in [0.2, 0.25) is 0 Å². The fourth-order valence-electron chi connectivity index (χ4n) is 1.85. The van der Waals surface area contributed by atoms with Crippen LogP contribution in [0.4, 0.5) is 5.69 Å². The maximum atomic E-state index is 12.1.